The number of hydrogen-bond acceptors (Lipinski definition) is 3. The Morgan fingerprint density at radius 2 is 2.27 bits per heavy atom. The average Bonchev–Trinajstić information content (AvgIpc) is 3.12. The van der Waals surface area contributed by atoms with E-state index in [4.69, 9.17) is 5.11 Å². The molecule has 3 rings (SSSR count). The number of aromatic nitrogens is 2. The van der Waals surface area contributed by atoms with Crippen molar-refractivity contribution in [2.45, 2.75) is 25.4 Å². The SMILES string of the molecule is CC(NC(=O)N[C@@H]1C=C[C@H](CO)C1)c1nc2ccccc2[nH]1. The van der Waals surface area contributed by atoms with Crippen molar-refractivity contribution in [2.75, 3.05) is 6.61 Å². The Hall–Kier alpha value is -2.34. The van der Waals surface area contributed by atoms with E-state index in [0.29, 0.717) is 0 Å². The predicted octanol–water partition coefficient (Wildman–Crippen LogP) is 1.86. The van der Waals surface area contributed by atoms with Gasteiger partial charge in [-0.15, -0.1) is 0 Å². The largest absolute Gasteiger partial charge is 0.396 e. The molecule has 22 heavy (non-hydrogen) atoms. The summed E-state index contributed by atoms with van der Waals surface area (Å²) in [6.07, 6.45) is 4.60. The number of aromatic amines is 1. The van der Waals surface area contributed by atoms with Gasteiger partial charge in [0.2, 0.25) is 0 Å². The van der Waals surface area contributed by atoms with E-state index in [1.807, 2.05) is 43.3 Å². The molecule has 2 amide bonds. The summed E-state index contributed by atoms with van der Waals surface area (Å²) in [5.74, 6) is 0.865. The van der Waals surface area contributed by atoms with Gasteiger partial charge in [0, 0.05) is 18.6 Å². The summed E-state index contributed by atoms with van der Waals surface area (Å²) in [4.78, 5) is 19.7. The lowest BCUT2D eigenvalue weighted by atomic mass is 10.1. The summed E-state index contributed by atoms with van der Waals surface area (Å²) in [6, 6.07) is 7.28. The van der Waals surface area contributed by atoms with Crippen molar-refractivity contribution in [1.29, 1.82) is 0 Å². The Morgan fingerprint density at radius 1 is 1.45 bits per heavy atom. The molecule has 0 aliphatic heterocycles. The summed E-state index contributed by atoms with van der Waals surface area (Å²) in [7, 11) is 0. The van der Waals surface area contributed by atoms with E-state index >= 15 is 0 Å². The Labute approximate surface area is 128 Å². The summed E-state index contributed by atoms with van der Waals surface area (Å²) in [5.41, 5.74) is 1.84. The van der Waals surface area contributed by atoms with Crippen LogP contribution in [0.2, 0.25) is 0 Å². The van der Waals surface area contributed by atoms with Gasteiger partial charge in [0.05, 0.1) is 17.1 Å². The molecule has 116 valence electrons. The lowest BCUT2D eigenvalue weighted by molar-refractivity contribution is 0.229. The van der Waals surface area contributed by atoms with Crippen molar-refractivity contribution in [1.82, 2.24) is 20.6 Å². The molecule has 1 aliphatic carbocycles. The van der Waals surface area contributed by atoms with Gasteiger partial charge in [-0.3, -0.25) is 0 Å². The third kappa shape index (κ3) is 3.12. The first kappa shape index (κ1) is 14.6. The number of aliphatic hydroxyl groups is 1. The number of hydrogen-bond donors (Lipinski definition) is 4. The standard InChI is InChI=1S/C16H20N4O2/c1-10(15-19-13-4-2-3-5-14(13)20-15)17-16(22)18-12-7-6-11(8-12)9-21/h2-7,10-12,21H,8-9H2,1H3,(H,19,20)(H2,17,18,22)/t10?,11-,12+/m0/s1. The molecule has 0 spiro atoms. The van der Waals surface area contributed by atoms with Crippen molar-refractivity contribution < 1.29 is 9.90 Å². The highest BCUT2D eigenvalue weighted by Crippen LogP contribution is 2.18. The van der Waals surface area contributed by atoms with Crippen LogP contribution in [0.1, 0.15) is 25.2 Å². The van der Waals surface area contributed by atoms with Crippen molar-refractivity contribution in [2.24, 2.45) is 5.92 Å². The van der Waals surface area contributed by atoms with Crippen molar-refractivity contribution in [3.63, 3.8) is 0 Å². The van der Waals surface area contributed by atoms with Crippen LogP contribution >= 0.6 is 0 Å². The van der Waals surface area contributed by atoms with E-state index < -0.39 is 0 Å². The fourth-order valence-corrected chi connectivity index (χ4v) is 2.67. The second kappa shape index (κ2) is 6.19. The molecule has 4 N–H and O–H groups in total. The minimum atomic E-state index is -0.235. The van der Waals surface area contributed by atoms with Gasteiger partial charge >= 0.3 is 6.03 Å². The van der Waals surface area contributed by atoms with Crippen molar-refractivity contribution in [3.05, 3.63) is 42.2 Å². The van der Waals surface area contributed by atoms with Gasteiger partial charge in [0.15, 0.2) is 0 Å². The molecule has 1 aromatic heterocycles. The molecule has 3 atom stereocenters. The first-order valence-electron chi connectivity index (χ1n) is 7.46. The number of nitrogens with one attached hydrogen (secondary N) is 3. The quantitative estimate of drug-likeness (QED) is 0.650. The first-order valence-corrected chi connectivity index (χ1v) is 7.46. The number of carbonyl (C=O) groups excluding carboxylic acids is 1. The molecule has 6 heteroatoms. The third-order valence-electron chi connectivity index (χ3n) is 3.89. The van der Waals surface area contributed by atoms with Gasteiger partial charge in [0.25, 0.3) is 0 Å². The van der Waals surface area contributed by atoms with Gasteiger partial charge in [0.1, 0.15) is 5.82 Å². The molecule has 0 saturated carbocycles. The maximum absolute atomic E-state index is 12.0. The monoisotopic (exact) mass is 300 g/mol. The first-order chi connectivity index (χ1) is 10.7. The number of urea groups is 1. The van der Waals surface area contributed by atoms with E-state index in [2.05, 4.69) is 20.6 Å². The Bertz CT molecular complexity index is 661. The summed E-state index contributed by atoms with van der Waals surface area (Å²) in [5, 5.41) is 14.9. The van der Waals surface area contributed by atoms with Crippen LogP contribution in [0.25, 0.3) is 11.0 Å². The van der Waals surface area contributed by atoms with Gasteiger partial charge < -0.3 is 20.7 Å². The zero-order valence-electron chi connectivity index (χ0n) is 12.4. The summed E-state index contributed by atoms with van der Waals surface area (Å²) in [6.45, 7) is 2.00. The number of para-hydroxylation sites is 2. The molecule has 2 aromatic rings. The summed E-state index contributed by atoms with van der Waals surface area (Å²) < 4.78 is 0. The van der Waals surface area contributed by atoms with Gasteiger partial charge in [-0.05, 0) is 25.5 Å². The van der Waals surface area contributed by atoms with Crippen LogP contribution in [0.4, 0.5) is 4.79 Å². The molecular weight excluding hydrogens is 280 g/mol. The van der Waals surface area contributed by atoms with Gasteiger partial charge in [-0.2, -0.15) is 0 Å². The zero-order valence-corrected chi connectivity index (χ0v) is 12.4. The molecular formula is C16H20N4O2. The molecule has 1 aliphatic rings. The number of fused-ring (bicyclic) bond motifs is 1. The molecule has 0 bridgehead atoms. The number of amides is 2. The fourth-order valence-electron chi connectivity index (χ4n) is 2.67. The maximum Gasteiger partial charge on any atom is 0.315 e. The number of nitrogens with zero attached hydrogens (tertiary/aromatic N) is 1. The van der Waals surface area contributed by atoms with E-state index in [9.17, 15) is 4.79 Å². The van der Waals surface area contributed by atoms with Crippen LogP contribution in [0.15, 0.2) is 36.4 Å². The van der Waals surface area contributed by atoms with E-state index in [1.54, 1.807) is 0 Å². The Balaban J connectivity index is 1.58. The van der Waals surface area contributed by atoms with Crippen LogP contribution in [-0.4, -0.2) is 33.8 Å². The van der Waals surface area contributed by atoms with Crippen molar-refractivity contribution in [3.8, 4) is 0 Å². The lowest BCUT2D eigenvalue weighted by Gasteiger charge is -2.16. The highest BCUT2D eigenvalue weighted by Gasteiger charge is 2.21. The van der Waals surface area contributed by atoms with Crippen LogP contribution in [0, 0.1) is 5.92 Å². The zero-order chi connectivity index (χ0) is 15.5. The van der Waals surface area contributed by atoms with Crippen molar-refractivity contribution >= 4 is 17.1 Å². The van der Waals surface area contributed by atoms with Crippen LogP contribution in [0.3, 0.4) is 0 Å². The predicted molar refractivity (Wildman–Crippen MR) is 84.3 cm³/mol. The van der Waals surface area contributed by atoms with Crippen LogP contribution in [-0.2, 0) is 0 Å². The molecule has 0 fully saturated rings. The van der Waals surface area contributed by atoms with Crippen LogP contribution in [0.5, 0.6) is 0 Å². The molecule has 1 heterocycles. The highest BCUT2D eigenvalue weighted by atomic mass is 16.3. The minimum absolute atomic E-state index is 0.0278. The molecule has 1 aromatic carbocycles. The normalized spacial score (nSPS) is 21.9. The average molecular weight is 300 g/mol. The number of benzene rings is 1. The Morgan fingerprint density at radius 3 is 3.00 bits per heavy atom. The minimum Gasteiger partial charge on any atom is -0.396 e. The van der Waals surface area contributed by atoms with Crippen LogP contribution < -0.4 is 10.6 Å². The molecule has 1 unspecified atom stereocenters. The topological polar surface area (TPSA) is 90.0 Å². The van der Waals surface area contributed by atoms with E-state index in [-0.39, 0.29) is 30.6 Å². The highest BCUT2D eigenvalue weighted by molar-refractivity contribution is 5.76. The molecule has 6 nitrogen and oxygen atoms in total. The third-order valence-corrected chi connectivity index (χ3v) is 3.89. The molecule has 0 radical (unpaired) electrons. The number of aliphatic hydroxyl groups excluding tert-OH is 1. The molecule has 0 saturated heterocycles. The number of H-pyrrole nitrogens is 1. The summed E-state index contributed by atoms with van der Waals surface area (Å²) >= 11 is 0. The van der Waals surface area contributed by atoms with Gasteiger partial charge in [-0.25, -0.2) is 9.78 Å². The number of rotatable bonds is 4. The second-order valence-electron chi connectivity index (χ2n) is 5.65. The number of imidazole rings is 1. The number of carbonyl (C=O) groups is 1. The second-order valence-corrected chi connectivity index (χ2v) is 5.65. The smallest absolute Gasteiger partial charge is 0.315 e. The van der Waals surface area contributed by atoms with E-state index in [1.165, 1.54) is 0 Å². The Kier molecular flexibility index (Phi) is 4.11. The fraction of sp³-hybridized carbons (Fsp3) is 0.375. The maximum atomic E-state index is 12.0. The van der Waals surface area contributed by atoms with E-state index in [0.717, 1.165) is 23.3 Å². The van der Waals surface area contributed by atoms with Gasteiger partial charge in [-0.1, -0.05) is 24.3 Å². The lowest BCUT2D eigenvalue weighted by Crippen LogP contribution is -2.42.